The molecule has 1 aromatic rings. The van der Waals surface area contributed by atoms with E-state index in [2.05, 4.69) is 0 Å². The fourth-order valence-electron chi connectivity index (χ4n) is 1.86. The van der Waals surface area contributed by atoms with Crippen molar-refractivity contribution in [2.75, 3.05) is 6.61 Å². The van der Waals surface area contributed by atoms with Gasteiger partial charge >= 0.3 is 0 Å². The summed E-state index contributed by atoms with van der Waals surface area (Å²) >= 11 is 0. The summed E-state index contributed by atoms with van der Waals surface area (Å²) in [6.45, 7) is -0.412. The van der Waals surface area contributed by atoms with Gasteiger partial charge in [-0.3, -0.25) is 0 Å². The first-order valence-electron chi connectivity index (χ1n) is 4.85. The normalized spacial score (nSPS) is 17.4. The second-order valence-corrected chi connectivity index (χ2v) is 3.76. The third-order valence-corrected chi connectivity index (χ3v) is 2.50. The number of nitrogens with two attached hydrogens (primary N) is 1. The van der Waals surface area contributed by atoms with Crippen LogP contribution in [0.5, 0.6) is 5.75 Å². The van der Waals surface area contributed by atoms with Gasteiger partial charge in [-0.1, -0.05) is 6.07 Å². The Morgan fingerprint density at radius 1 is 1.44 bits per heavy atom. The molecule has 0 amide bonds. The second-order valence-electron chi connectivity index (χ2n) is 3.76. The number of carboxylic acids is 1. The van der Waals surface area contributed by atoms with E-state index >= 15 is 0 Å². The summed E-state index contributed by atoms with van der Waals surface area (Å²) in [6, 6.07) is 5.73. The van der Waals surface area contributed by atoms with E-state index in [1.807, 2.05) is 12.1 Å². The molecule has 2 rings (SSSR count). The van der Waals surface area contributed by atoms with Crippen molar-refractivity contribution in [3.8, 4) is 5.75 Å². The molecule has 0 aromatic heterocycles. The highest BCUT2D eigenvalue weighted by atomic mass is 35.5. The Kier molecular flexibility index (Phi) is 4.15. The molecule has 0 bridgehead atoms. The average Bonchev–Trinajstić information content (AvgIpc) is 2.53. The number of carbonyl (C=O) groups is 1. The van der Waals surface area contributed by atoms with Gasteiger partial charge in [0.15, 0.2) is 0 Å². The third kappa shape index (κ3) is 2.87. The molecule has 1 aliphatic rings. The van der Waals surface area contributed by atoms with Crippen molar-refractivity contribution in [3.63, 3.8) is 0 Å². The minimum Gasteiger partial charge on any atom is -0.546 e. The minimum atomic E-state index is -1.22. The number of rotatable bonds is 3. The van der Waals surface area contributed by atoms with Gasteiger partial charge in [-0.2, -0.15) is 0 Å². The van der Waals surface area contributed by atoms with E-state index in [0.717, 1.165) is 18.4 Å². The van der Waals surface area contributed by atoms with Gasteiger partial charge in [0.25, 0.3) is 0 Å². The molecule has 16 heavy (non-hydrogen) atoms. The topological polar surface area (TPSA) is 75.4 Å². The monoisotopic (exact) mass is 242 g/mol. The lowest BCUT2D eigenvalue weighted by atomic mass is 10.1. The van der Waals surface area contributed by atoms with Crippen molar-refractivity contribution in [2.24, 2.45) is 5.73 Å². The number of carbonyl (C=O) groups excluding carboxylic acids is 1. The van der Waals surface area contributed by atoms with Crippen molar-refractivity contribution in [2.45, 2.75) is 18.9 Å². The Morgan fingerprint density at radius 2 is 2.12 bits per heavy atom. The molecule has 0 saturated carbocycles. The predicted octanol–water partition coefficient (Wildman–Crippen LogP) is -0.337. The largest absolute Gasteiger partial charge is 0.546 e. The number of fused-ring (bicyclic) bond motifs is 1. The van der Waals surface area contributed by atoms with Gasteiger partial charge in [0.2, 0.25) is 0 Å². The van der Waals surface area contributed by atoms with E-state index in [1.54, 1.807) is 6.07 Å². The molecule has 0 heterocycles. The van der Waals surface area contributed by atoms with E-state index in [1.165, 1.54) is 5.56 Å². The molecular formula is C11H13ClNO3-. The molecule has 1 unspecified atom stereocenters. The standard InChI is InChI=1S/C11H13NO3.ClH/c12-9-3-7-1-2-10(5-8(7)4-9)15-6-11(13)14;/h1-2,5,9H,3-4,6,12H2,(H,13,14);1H/p-1. The molecule has 0 spiro atoms. The van der Waals surface area contributed by atoms with E-state index in [-0.39, 0.29) is 18.4 Å². The van der Waals surface area contributed by atoms with Gasteiger partial charge < -0.3 is 20.4 Å². The number of aliphatic carboxylic acids is 1. The number of halogens is 1. The Bertz CT molecular complexity index is 395. The number of ether oxygens (including phenoxy) is 1. The summed E-state index contributed by atoms with van der Waals surface area (Å²) < 4.78 is 5.03. The molecular weight excluding hydrogens is 230 g/mol. The first-order chi connectivity index (χ1) is 7.15. The fourth-order valence-corrected chi connectivity index (χ4v) is 1.86. The lowest BCUT2D eigenvalue weighted by Gasteiger charge is -2.08. The first kappa shape index (κ1) is 12.8. The van der Waals surface area contributed by atoms with E-state index in [0.29, 0.717) is 5.75 Å². The highest BCUT2D eigenvalue weighted by Gasteiger charge is 2.18. The van der Waals surface area contributed by atoms with Gasteiger partial charge in [0.05, 0.1) is 5.97 Å². The Labute approximate surface area is 99.8 Å². The maximum Gasteiger partial charge on any atom is 0.128 e. The van der Waals surface area contributed by atoms with Crippen LogP contribution in [-0.2, 0) is 17.6 Å². The van der Waals surface area contributed by atoms with E-state index in [4.69, 9.17) is 10.5 Å². The van der Waals surface area contributed by atoms with Crippen LogP contribution in [-0.4, -0.2) is 18.6 Å². The highest BCUT2D eigenvalue weighted by molar-refractivity contribution is 5.85. The third-order valence-electron chi connectivity index (χ3n) is 2.50. The molecule has 88 valence electrons. The average molecular weight is 243 g/mol. The second kappa shape index (κ2) is 5.18. The zero-order chi connectivity index (χ0) is 10.8. The van der Waals surface area contributed by atoms with Crippen molar-refractivity contribution in [3.05, 3.63) is 29.3 Å². The number of carboxylic acid groups (broad SMARTS) is 1. The van der Waals surface area contributed by atoms with Crippen molar-refractivity contribution >= 4 is 18.4 Å². The molecule has 0 saturated heterocycles. The number of hydrogen-bond donors (Lipinski definition) is 1. The van der Waals surface area contributed by atoms with Crippen LogP contribution in [0.1, 0.15) is 11.1 Å². The van der Waals surface area contributed by atoms with E-state index < -0.39 is 12.6 Å². The van der Waals surface area contributed by atoms with Crippen LogP contribution in [0, 0.1) is 0 Å². The summed E-state index contributed by atoms with van der Waals surface area (Å²) in [6.07, 6.45) is 1.72. The summed E-state index contributed by atoms with van der Waals surface area (Å²) in [4.78, 5) is 10.2. The van der Waals surface area contributed by atoms with Gasteiger partial charge in [-0.25, -0.2) is 0 Å². The Balaban J connectivity index is 0.00000128. The molecule has 0 radical (unpaired) electrons. The summed E-state index contributed by atoms with van der Waals surface area (Å²) in [5.41, 5.74) is 8.19. The van der Waals surface area contributed by atoms with Crippen LogP contribution in [0.2, 0.25) is 0 Å². The van der Waals surface area contributed by atoms with Crippen LogP contribution >= 0.6 is 12.4 Å². The van der Waals surface area contributed by atoms with Gasteiger partial charge in [-0.05, 0) is 36.1 Å². The lowest BCUT2D eigenvalue weighted by molar-refractivity contribution is -0.307. The fraction of sp³-hybridized carbons (Fsp3) is 0.364. The van der Waals surface area contributed by atoms with Crippen molar-refractivity contribution in [1.82, 2.24) is 0 Å². The van der Waals surface area contributed by atoms with Crippen molar-refractivity contribution < 1.29 is 14.6 Å². The molecule has 5 heteroatoms. The predicted molar refractivity (Wildman–Crippen MR) is 59.6 cm³/mol. The highest BCUT2D eigenvalue weighted by Crippen LogP contribution is 2.25. The molecule has 1 atom stereocenters. The summed E-state index contributed by atoms with van der Waals surface area (Å²) in [5, 5.41) is 10.2. The molecule has 1 aliphatic carbocycles. The zero-order valence-electron chi connectivity index (χ0n) is 8.64. The smallest absolute Gasteiger partial charge is 0.128 e. The number of hydrogen-bond acceptors (Lipinski definition) is 4. The Hall–Kier alpha value is -1.26. The maximum atomic E-state index is 10.2. The van der Waals surface area contributed by atoms with Crippen LogP contribution in [0.25, 0.3) is 0 Å². The lowest BCUT2D eigenvalue weighted by Crippen LogP contribution is -2.28. The van der Waals surface area contributed by atoms with Crippen LogP contribution < -0.4 is 15.6 Å². The zero-order valence-corrected chi connectivity index (χ0v) is 9.46. The number of benzene rings is 1. The van der Waals surface area contributed by atoms with Gasteiger partial charge in [0, 0.05) is 6.04 Å². The molecule has 0 aliphatic heterocycles. The first-order valence-corrected chi connectivity index (χ1v) is 4.85. The molecule has 4 nitrogen and oxygen atoms in total. The minimum absolute atomic E-state index is 0. The molecule has 0 fully saturated rings. The van der Waals surface area contributed by atoms with Gasteiger partial charge in [-0.15, -0.1) is 12.4 Å². The maximum absolute atomic E-state index is 10.2. The van der Waals surface area contributed by atoms with Crippen LogP contribution in [0.15, 0.2) is 18.2 Å². The van der Waals surface area contributed by atoms with E-state index in [9.17, 15) is 9.90 Å². The molecule has 1 aromatic carbocycles. The Morgan fingerprint density at radius 3 is 2.81 bits per heavy atom. The quantitative estimate of drug-likeness (QED) is 0.787. The van der Waals surface area contributed by atoms with Gasteiger partial charge in [0.1, 0.15) is 12.4 Å². The van der Waals surface area contributed by atoms with Crippen molar-refractivity contribution in [1.29, 1.82) is 0 Å². The SMILES string of the molecule is Cl.NC1Cc2ccc(OCC(=O)[O-])cc2C1. The van der Waals surface area contributed by atoms with Crippen LogP contribution in [0.3, 0.4) is 0 Å². The summed E-state index contributed by atoms with van der Waals surface area (Å²) in [5.74, 6) is -0.653. The van der Waals surface area contributed by atoms with Crippen LogP contribution in [0.4, 0.5) is 0 Å². The summed E-state index contributed by atoms with van der Waals surface area (Å²) in [7, 11) is 0. The molecule has 2 N–H and O–H groups in total.